The highest BCUT2D eigenvalue weighted by molar-refractivity contribution is 5.83. The summed E-state index contributed by atoms with van der Waals surface area (Å²) in [6, 6.07) is 0. The topological polar surface area (TPSA) is 136 Å². The lowest BCUT2D eigenvalue weighted by Crippen LogP contribution is -2.30. The summed E-state index contributed by atoms with van der Waals surface area (Å²) in [5.41, 5.74) is 4.53. The van der Waals surface area contributed by atoms with Crippen molar-refractivity contribution in [2.45, 2.75) is 12.5 Å². The third-order valence-corrected chi connectivity index (χ3v) is 0.696. The average molecular weight is 150 g/mol. The van der Waals surface area contributed by atoms with Gasteiger partial charge in [0.2, 0.25) is 5.91 Å². The molecule has 7 N–H and O–H groups in total. The Balaban J connectivity index is 0. The van der Waals surface area contributed by atoms with Gasteiger partial charge in [0.15, 0.2) is 0 Å². The van der Waals surface area contributed by atoms with Gasteiger partial charge in [0, 0.05) is 0 Å². The molecule has 0 aromatic rings. The molecule has 0 heterocycles. The third-order valence-electron chi connectivity index (χ3n) is 0.696. The van der Waals surface area contributed by atoms with Crippen molar-refractivity contribution in [1.29, 1.82) is 0 Å². The lowest BCUT2D eigenvalue weighted by atomic mass is 10.2. The van der Waals surface area contributed by atoms with Crippen molar-refractivity contribution in [3.8, 4) is 0 Å². The van der Waals surface area contributed by atoms with E-state index in [-0.39, 0.29) is 6.15 Å². The lowest BCUT2D eigenvalue weighted by molar-refractivity contribution is -0.142. The van der Waals surface area contributed by atoms with Crippen molar-refractivity contribution in [2.75, 3.05) is 0 Å². The van der Waals surface area contributed by atoms with Crippen molar-refractivity contribution in [1.82, 2.24) is 6.15 Å². The number of aliphatic hydroxyl groups excluding tert-OH is 1. The minimum atomic E-state index is -1.57. The average Bonchev–Trinajstić information content (AvgIpc) is 1.63. The van der Waals surface area contributed by atoms with Crippen LogP contribution in [0.1, 0.15) is 6.42 Å². The molecule has 6 heteroatoms. The molecular formula is C4H10N2O4. The van der Waals surface area contributed by atoms with Crippen molar-refractivity contribution in [3.05, 3.63) is 0 Å². The second-order valence-corrected chi connectivity index (χ2v) is 1.52. The number of carbonyl (C=O) groups excluding carboxylic acids is 1. The SMILES string of the molecule is N.NC(=O)C(O)CC(=O)O. The number of aliphatic hydroxyl groups is 1. The molecule has 0 bridgehead atoms. The van der Waals surface area contributed by atoms with E-state index >= 15 is 0 Å². The summed E-state index contributed by atoms with van der Waals surface area (Å²) in [5.74, 6) is -2.27. The zero-order valence-electron chi connectivity index (χ0n) is 5.28. The van der Waals surface area contributed by atoms with E-state index < -0.39 is 24.4 Å². The predicted molar refractivity (Wildman–Crippen MR) is 32.5 cm³/mol. The lowest BCUT2D eigenvalue weighted by Gasteiger charge is -1.99. The molecule has 10 heavy (non-hydrogen) atoms. The highest BCUT2D eigenvalue weighted by Gasteiger charge is 2.13. The molecule has 1 amide bonds. The summed E-state index contributed by atoms with van der Waals surface area (Å²) >= 11 is 0. The van der Waals surface area contributed by atoms with Gasteiger partial charge in [0.25, 0.3) is 0 Å². The van der Waals surface area contributed by atoms with Crippen LogP contribution < -0.4 is 11.9 Å². The highest BCUT2D eigenvalue weighted by atomic mass is 16.4. The fourth-order valence-corrected chi connectivity index (χ4v) is 0.266. The standard InChI is InChI=1S/C4H7NO4.H3N/c5-4(9)2(6)1-3(7)8;/h2,6H,1H2,(H2,5,9)(H,7,8);1H3. The molecule has 0 radical (unpaired) electrons. The molecule has 0 spiro atoms. The molecule has 6 nitrogen and oxygen atoms in total. The number of carboxylic acid groups (broad SMARTS) is 1. The second-order valence-electron chi connectivity index (χ2n) is 1.52. The Morgan fingerprint density at radius 1 is 1.50 bits per heavy atom. The van der Waals surface area contributed by atoms with Crippen LogP contribution in [0.4, 0.5) is 0 Å². The van der Waals surface area contributed by atoms with Crippen LogP contribution in [0.25, 0.3) is 0 Å². The number of hydrogen-bond acceptors (Lipinski definition) is 4. The zero-order chi connectivity index (χ0) is 7.44. The van der Waals surface area contributed by atoms with Crippen LogP contribution >= 0.6 is 0 Å². The first-order valence-corrected chi connectivity index (χ1v) is 2.23. The first-order chi connectivity index (χ1) is 4.04. The van der Waals surface area contributed by atoms with Gasteiger partial charge in [-0.15, -0.1) is 0 Å². The van der Waals surface area contributed by atoms with Crippen LogP contribution in [0.5, 0.6) is 0 Å². The Morgan fingerprint density at radius 3 is 2.00 bits per heavy atom. The third kappa shape index (κ3) is 5.01. The van der Waals surface area contributed by atoms with Crippen LogP contribution in [-0.2, 0) is 9.59 Å². The highest BCUT2D eigenvalue weighted by Crippen LogP contribution is 1.87. The normalized spacial score (nSPS) is 11.3. The fraction of sp³-hybridized carbons (Fsp3) is 0.500. The van der Waals surface area contributed by atoms with Gasteiger partial charge < -0.3 is 22.1 Å². The van der Waals surface area contributed by atoms with E-state index in [4.69, 9.17) is 10.2 Å². The van der Waals surface area contributed by atoms with Gasteiger partial charge >= 0.3 is 5.97 Å². The summed E-state index contributed by atoms with van der Waals surface area (Å²) in [6.45, 7) is 0. The largest absolute Gasteiger partial charge is 0.481 e. The Bertz CT molecular complexity index is 135. The van der Waals surface area contributed by atoms with Crippen molar-refractivity contribution in [3.63, 3.8) is 0 Å². The summed E-state index contributed by atoms with van der Waals surface area (Å²) in [4.78, 5) is 19.7. The molecule has 0 rings (SSSR count). The molecule has 0 saturated carbocycles. The molecule has 1 unspecified atom stereocenters. The summed E-state index contributed by atoms with van der Waals surface area (Å²) in [6.07, 6.45) is -2.20. The van der Waals surface area contributed by atoms with Crippen LogP contribution in [-0.4, -0.2) is 28.2 Å². The molecule has 0 aromatic heterocycles. The van der Waals surface area contributed by atoms with E-state index in [1.54, 1.807) is 0 Å². The van der Waals surface area contributed by atoms with E-state index in [0.717, 1.165) is 0 Å². The minimum Gasteiger partial charge on any atom is -0.481 e. The minimum absolute atomic E-state index is 0. The van der Waals surface area contributed by atoms with Gasteiger partial charge in [-0.3, -0.25) is 9.59 Å². The molecule has 0 saturated heterocycles. The molecular weight excluding hydrogens is 140 g/mol. The Hall–Kier alpha value is -1.14. The molecule has 0 aliphatic rings. The van der Waals surface area contributed by atoms with E-state index in [2.05, 4.69) is 5.73 Å². The number of hydrogen-bond donors (Lipinski definition) is 4. The Kier molecular flexibility index (Phi) is 5.48. The zero-order valence-corrected chi connectivity index (χ0v) is 5.28. The number of primary amides is 1. The van der Waals surface area contributed by atoms with Crippen molar-refractivity contribution >= 4 is 11.9 Å². The van der Waals surface area contributed by atoms with Crippen LogP contribution in [0.15, 0.2) is 0 Å². The monoisotopic (exact) mass is 150 g/mol. The van der Waals surface area contributed by atoms with E-state index in [1.165, 1.54) is 0 Å². The molecule has 0 aromatic carbocycles. The molecule has 0 aliphatic carbocycles. The summed E-state index contributed by atoms with van der Waals surface area (Å²) in [5, 5.41) is 16.4. The van der Waals surface area contributed by atoms with Crippen molar-refractivity contribution in [2.24, 2.45) is 5.73 Å². The van der Waals surface area contributed by atoms with Crippen LogP contribution in [0.3, 0.4) is 0 Å². The maximum absolute atomic E-state index is 9.94. The maximum Gasteiger partial charge on any atom is 0.306 e. The maximum atomic E-state index is 9.94. The van der Waals surface area contributed by atoms with E-state index in [0.29, 0.717) is 0 Å². The number of aliphatic carboxylic acids is 1. The molecule has 1 atom stereocenters. The van der Waals surface area contributed by atoms with E-state index in [9.17, 15) is 9.59 Å². The summed E-state index contributed by atoms with van der Waals surface area (Å²) < 4.78 is 0. The Labute approximate surface area is 57.2 Å². The smallest absolute Gasteiger partial charge is 0.306 e. The number of amides is 1. The number of nitrogens with two attached hydrogens (primary N) is 1. The molecule has 0 aliphatic heterocycles. The van der Waals surface area contributed by atoms with Gasteiger partial charge in [-0.25, -0.2) is 0 Å². The predicted octanol–water partition coefficient (Wildman–Crippen LogP) is -1.53. The first-order valence-electron chi connectivity index (χ1n) is 2.23. The molecule has 0 fully saturated rings. The van der Waals surface area contributed by atoms with Gasteiger partial charge in [-0.05, 0) is 0 Å². The van der Waals surface area contributed by atoms with Gasteiger partial charge in [0.05, 0.1) is 6.42 Å². The fourth-order valence-electron chi connectivity index (χ4n) is 0.266. The quantitative estimate of drug-likeness (QED) is 0.387. The van der Waals surface area contributed by atoms with Crippen molar-refractivity contribution < 1.29 is 19.8 Å². The summed E-state index contributed by atoms with van der Waals surface area (Å²) in [7, 11) is 0. The van der Waals surface area contributed by atoms with Crippen LogP contribution in [0.2, 0.25) is 0 Å². The first kappa shape index (κ1) is 11.6. The van der Waals surface area contributed by atoms with E-state index in [1.807, 2.05) is 0 Å². The van der Waals surface area contributed by atoms with Gasteiger partial charge in [-0.1, -0.05) is 0 Å². The van der Waals surface area contributed by atoms with Gasteiger partial charge in [-0.2, -0.15) is 0 Å². The molecule has 60 valence electrons. The number of rotatable bonds is 3. The van der Waals surface area contributed by atoms with Crippen LogP contribution in [0, 0.1) is 0 Å². The van der Waals surface area contributed by atoms with Gasteiger partial charge in [0.1, 0.15) is 6.10 Å². The second kappa shape index (κ2) is 4.71. The number of carboxylic acids is 1. The number of carbonyl (C=O) groups is 2. The Morgan fingerprint density at radius 2 is 1.90 bits per heavy atom.